The molecule has 2 aliphatic rings. The molecular weight excluding hydrogens is 160 g/mol. The number of hydrogen-bond donors (Lipinski definition) is 1. The minimum atomic E-state index is -0.00782. The first-order valence-electron chi connectivity index (χ1n) is 5.85. The molecule has 2 aliphatic carbocycles. The second-order valence-corrected chi connectivity index (χ2v) is 5.45. The lowest BCUT2D eigenvalue weighted by Gasteiger charge is -2.42. The van der Waals surface area contributed by atoms with Crippen LogP contribution in [0.25, 0.3) is 0 Å². The van der Waals surface area contributed by atoms with Crippen molar-refractivity contribution in [2.75, 3.05) is 0 Å². The van der Waals surface area contributed by atoms with Crippen LogP contribution in [-0.4, -0.2) is 11.2 Å². The van der Waals surface area contributed by atoms with Gasteiger partial charge < -0.3 is 5.11 Å². The SMILES string of the molecule is CC1CCC2CC(C)C(O)CC2C1. The summed E-state index contributed by atoms with van der Waals surface area (Å²) in [5, 5.41) is 9.80. The molecule has 1 nitrogen and oxygen atoms in total. The number of fused-ring (bicyclic) bond motifs is 1. The summed E-state index contributed by atoms with van der Waals surface area (Å²) >= 11 is 0. The van der Waals surface area contributed by atoms with E-state index in [4.69, 9.17) is 0 Å². The average molecular weight is 182 g/mol. The van der Waals surface area contributed by atoms with E-state index in [-0.39, 0.29) is 6.10 Å². The predicted molar refractivity (Wildman–Crippen MR) is 54.4 cm³/mol. The van der Waals surface area contributed by atoms with Gasteiger partial charge in [0.05, 0.1) is 6.10 Å². The van der Waals surface area contributed by atoms with Crippen molar-refractivity contribution < 1.29 is 5.11 Å². The van der Waals surface area contributed by atoms with E-state index in [1.54, 1.807) is 0 Å². The zero-order valence-electron chi connectivity index (χ0n) is 8.87. The molecule has 2 fully saturated rings. The minimum absolute atomic E-state index is 0.00782. The van der Waals surface area contributed by atoms with Crippen LogP contribution in [0, 0.1) is 23.7 Å². The van der Waals surface area contributed by atoms with Gasteiger partial charge in [0.2, 0.25) is 0 Å². The Morgan fingerprint density at radius 2 is 1.69 bits per heavy atom. The highest BCUT2D eigenvalue weighted by atomic mass is 16.3. The van der Waals surface area contributed by atoms with Crippen LogP contribution in [-0.2, 0) is 0 Å². The fraction of sp³-hybridized carbons (Fsp3) is 1.00. The van der Waals surface area contributed by atoms with Gasteiger partial charge in [0.25, 0.3) is 0 Å². The molecule has 0 aromatic carbocycles. The second-order valence-electron chi connectivity index (χ2n) is 5.45. The predicted octanol–water partition coefficient (Wildman–Crippen LogP) is 2.83. The van der Waals surface area contributed by atoms with E-state index in [9.17, 15) is 5.11 Å². The van der Waals surface area contributed by atoms with Crippen LogP contribution in [0.2, 0.25) is 0 Å². The third-order valence-corrected chi connectivity index (χ3v) is 4.28. The number of rotatable bonds is 0. The molecule has 0 radical (unpaired) electrons. The molecule has 2 rings (SSSR count). The zero-order valence-corrected chi connectivity index (χ0v) is 8.87. The first kappa shape index (κ1) is 9.51. The van der Waals surface area contributed by atoms with Crippen LogP contribution in [0.4, 0.5) is 0 Å². The van der Waals surface area contributed by atoms with E-state index in [2.05, 4.69) is 13.8 Å². The molecule has 0 amide bonds. The summed E-state index contributed by atoms with van der Waals surface area (Å²) in [4.78, 5) is 0. The van der Waals surface area contributed by atoms with Gasteiger partial charge >= 0.3 is 0 Å². The minimum Gasteiger partial charge on any atom is -0.393 e. The highest BCUT2D eigenvalue weighted by molar-refractivity contribution is 4.87. The van der Waals surface area contributed by atoms with Gasteiger partial charge in [0, 0.05) is 0 Å². The van der Waals surface area contributed by atoms with Crippen LogP contribution in [0.1, 0.15) is 46.0 Å². The zero-order chi connectivity index (χ0) is 9.42. The molecule has 1 N–H and O–H groups in total. The molecule has 5 unspecified atom stereocenters. The molecule has 2 saturated carbocycles. The van der Waals surface area contributed by atoms with Crippen molar-refractivity contribution >= 4 is 0 Å². The Morgan fingerprint density at radius 3 is 2.46 bits per heavy atom. The van der Waals surface area contributed by atoms with Crippen LogP contribution < -0.4 is 0 Å². The maximum absolute atomic E-state index is 9.80. The Bertz CT molecular complexity index is 178. The van der Waals surface area contributed by atoms with Crippen molar-refractivity contribution in [1.29, 1.82) is 0 Å². The van der Waals surface area contributed by atoms with Crippen LogP contribution in [0.15, 0.2) is 0 Å². The lowest BCUT2D eigenvalue weighted by Crippen LogP contribution is -2.37. The van der Waals surface area contributed by atoms with Crippen molar-refractivity contribution in [2.24, 2.45) is 23.7 Å². The highest BCUT2D eigenvalue weighted by Crippen LogP contribution is 2.44. The third kappa shape index (κ3) is 1.90. The Labute approximate surface area is 81.5 Å². The van der Waals surface area contributed by atoms with E-state index >= 15 is 0 Å². The molecule has 76 valence electrons. The molecular formula is C12H22O. The molecule has 0 bridgehead atoms. The van der Waals surface area contributed by atoms with E-state index in [1.165, 1.54) is 25.7 Å². The van der Waals surface area contributed by atoms with Gasteiger partial charge in [-0.25, -0.2) is 0 Å². The summed E-state index contributed by atoms with van der Waals surface area (Å²) in [5.74, 6) is 3.24. The summed E-state index contributed by atoms with van der Waals surface area (Å²) in [7, 11) is 0. The maximum atomic E-state index is 9.80. The van der Waals surface area contributed by atoms with Crippen molar-refractivity contribution in [2.45, 2.75) is 52.1 Å². The van der Waals surface area contributed by atoms with Gasteiger partial charge in [0.1, 0.15) is 0 Å². The first-order valence-corrected chi connectivity index (χ1v) is 5.85. The molecule has 0 aromatic heterocycles. The fourth-order valence-electron chi connectivity index (χ4n) is 3.34. The number of hydrogen-bond acceptors (Lipinski definition) is 1. The summed E-state index contributed by atoms with van der Waals surface area (Å²) in [6.07, 6.45) is 6.56. The van der Waals surface area contributed by atoms with Crippen molar-refractivity contribution in [3.8, 4) is 0 Å². The standard InChI is InChI=1S/C12H22O/c1-8-3-4-10-6-9(2)12(13)7-11(10)5-8/h8-13H,3-7H2,1-2H3. The van der Waals surface area contributed by atoms with Crippen molar-refractivity contribution in [3.05, 3.63) is 0 Å². The summed E-state index contributed by atoms with van der Waals surface area (Å²) in [5.41, 5.74) is 0. The van der Waals surface area contributed by atoms with E-state index in [0.717, 1.165) is 24.2 Å². The topological polar surface area (TPSA) is 20.2 Å². The molecule has 0 aromatic rings. The van der Waals surface area contributed by atoms with E-state index < -0.39 is 0 Å². The highest BCUT2D eigenvalue weighted by Gasteiger charge is 2.36. The van der Waals surface area contributed by atoms with Crippen LogP contribution in [0.3, 0.4) is 0 Å². The lowest BCUT2D eigenvalue weighted by molar-refractivity contribution is -0.00175. The molecule has 5 atom stereocenters. The lowest BCUT2D eigenvalue weighted by atomic mass is 9.64. The molecule has 0 heterocycles. The number of aliphatic hydroxyl groups excluding tert-OH is 1. The maximum Gasteiger partial charge on any atom is 0.0568 e. The number of aliphatic hydroxyl groups is 1. The summed E-state index contributed by atoms with van der Waals surface area (Å²) in [6.45, 7) is 4.57. The smallest absolute Gasteiger partial charge is 0.0568 e. The molecule has 1 heteroatoms. The van der Waals surface area contributed by atoms with Crippen molar-refractivity contribution in [1.82, 2.24) is 0 Å². The van der Waals surface area contributed by atoms with Gasteiger partial charge in [-0.2, -0.15) is 0 Å². The summed E-state index contributed by atoms with van der Waals surface area (Å²) < 4.78 is 0. The molecule has 0 aliphatic heterocycles. The van der Waals surface area contributed by atoms with Gasteiger partial charge in [-0.3, -0.25) is 0 Å². The Balaban J connectivity index is 1.98. The Morgan fingerprint density at radius 1 is 0.923 bits per heavy atom. The van der Waals surface area contributed by atoms with Gasteiger partial charge in [0.15, 0.2) is 0 Å². The molecule has 13 heavy (non-hydrogen) atoms. The molecule has 0 spiro atoms. The monoisotopic (exact) mass is 182 g/mol. The molecule has 0 saturated heterocycles. The van der Waals surface area contributed by atoms with Crippen molar-refractivity contribution in [3.63, 3.8) is 0 Å². The average Bonchev–Trinajstić information content (AvgIpc) is 2.08. The van der Waals surface area contributed by atoms with E-state index in [0.29, 0.717) is 5.92 Å². The van der Waals surface area contributed by atoms with Gasteiger partial charge in [-0.05, 0) is 49.4 Å². The first-order chi connectivity index (χ1) is 6.16. The van der Waals surface area contributed by atoms with Crippen LogP contribution >= 0.6 is 0 Å². The van der Waals surface area contributed by atoms with Gasteiger partial charge in [-0.1, -0.05) is 20.3 Å². The summed E-state index contributed by atoms with van der Waals surface area (Å²) in [6, 6.07) is 0. The van der Waals surface area contributed by atoms with Crippen LogP contribution in [0.5, 0.6) is 0 Å². The Kier molecular flexibility index (Phi) is 2.64. The largest absolute Gasteiger partial charge is 0.393 e. The Hall–Kier alpha value is -0.0400. The van der Waals surface area contributed by atoms with Gasteiger partial charge in [-0.15, -0.1) is 0 Å². The third-order valence-electron chi connectivity index (χ3n) is 4.28. The second kappa shape index (κ2) is 3.61. The quantitative estimate of drug-likeness (QED) is 0.611. The van der Waals surface area contributed by atoms with E-state index in [1.807, 2.05) is 0 Å². The fourth-order valence-corrected chi connectivity index (χ4v) is 3.34. The normalized spacial score (nSPS) is 51.5.